The van der Waals surface area contributed by atoms with Gasteiger partial charge in [-0.05, 0) is 19.8 Å². The molecule has 15 heavy (non-hydrogen) atoms. The fourth-order valence-electron chi connectivity index (χ4n) is 1.66. The number of hydrogen-bond donors (Lipinski definition) is 3. The Labute approximate surface area is 87.9 Å². The predicted molar refractivity (Wildman–Crippen MR) is 52.5 cm³/mol. The van der Waals surface area contributed by atoms with Gasteiger partial charge in [-0.15, -0.1) is 0 Å². The Kier molecular flexibility index (Phi) is 3.52. The number of piperidine rings is 1. The number of aliphatic hydroxyl groups is 1. The highest BCUT2D eigenvalue weighted by molar-refractivity contribution is 5.80. The standard InChI is InChI=1S/C9H16N2O4/c1-9(15)3-2-4-11(6-9)8(14)10-5-7(12)13/h15H,2-6H2,1H3,(H,10,14)(H,12,13). The number of nitrogens with zero attached hydrogens (tertiary/aromatic N) is 1. The van der Waals surface area contributed by atoms with Gasteiger partial charge in [-0.1, -0.05) is 0 Å². The van der Waals surface area contributed by atoms with Crippen LogP contribution < -0.4 is 5.32 Å². The topological polar surface area (TPSA) is 89.9 Å². The molecule has 0 aliphatic carbocycles. The maximum absolute atomic E-state index is 11.4. The van der Waals surface area contributed by atoms with Crippen LogP contribution in [0.3, 0.4) is 0 Å². The van der Waals surface area contributed by atoms with Crippen molar-refractivity contribution in [3.05, 3.63) is 0 Å². The van der Waals surface area contributed by atoms with Crippen LogP contribution in [0.4, 0.5) is 4.79 Å². The summed E-state index contributed by atoms with van der Waals surface area (Å²) in [6, 6.07) is -0.433. The maximum atomic E-state index is 11.4. The van der Waals surface area contributed by atoms with Gasteiger partial charge in [0, 0.05) is 6.54 Å². The minimum Gasteiger partial charge on any atom is -0.480 e. The second kappa shape index (κ2) is 4.48. The second-order valence-corrected chi connectivity index (χ2v) is 4.07. The minimum absolute atomic E-state index is 0.248. The summed E-state index contributed by atoms with van der Waals surface area (Å²) in [7, 11) is 0. The number of β-amino-alcohol motifs (C(OH)–C–C–N with tert-alkyl or cyclic N) is 1. The van der Waals surface area contributed by atoms with E-state index in [0.717, 1.165) is 6.42 Å². The first kappa shape index (κ1) is 11.8. The van der Waals surface area contributed by atoms with Crippen molar-refractivity contribution in [3.63, 3.8) is 0 Å². The van der Waals surface area contributed by atoms with E-state index in [-0.39, 0.29) is 6.54 Å². The van der Waals surface area contributed by atoms with Gasteiger partial charge in [0.2, 0.25) is 0 Å². The number of aliphatic carboxylic acids is 1. The van der Waals surface area contributed by atoms with Crippen LogP contribution in [-0.2, 0) is 4.79 Å². The van der Waals surface area contributed by atoms with Crippen LogP contribution >= 0.6 is 0 Å². The van der Waals surface area contributed by atoms with Crippen LogP contribution in [0.5, 0.6) is 0 Å². The first-order valence-electron chi connectivity index (χ1n) is 4.88. The average Bonchev–Trinajstić information content (AvgIpc) is 2.12. The summed E-state index contributed by atoms with van der Waals surface area (Å²) in [6.45, 7) is 2.08. The van der Waals surface area contributed by atoms with Crippen LogP contribution in [0.15, 0.2) is 0 Å². The summed E-state index contributed by atoms with van der Waals surface area (Å²) in [6.07, 6.45) is 1.39. The Bertz CT molecular complexity index is 265. The lowest BCUT2D eigenvalue weighted by molar-refractivity contribution is -0.135. The summed E-state index contributed by atoms with van der Waals surface area (Å²) in [4.78, 5) is 23.1. The fraction of sp³-hybridized carbons (Fsp3) is 0.778. The molecule has 0 aromatic carbocycles. The Morgan fingerprint density at radius 1 is 1.53 bits per heavy atom. The zero-order chi connectivity index (χ0) is 11.5. The first-order chi connectivity index (χ1) is 6.91. The summed E-state index contributed by atoms with van der Waals surface area (Å²) in [5.41, 5.74) is -0.862. The molecular formula is C9H16N2O4. The first-order valence-corrected chi connectivity index (χ1v) is 4.88. The van der Waals surface area contributed by atoms with E-state index in [1.807, 2.05) is 0 Å². The highest BCUT2D eigenvalue weighted by atomic mass is 16.4. The highest BCUT2D eigenvalue weighted by Crippen LogP contribution is 2.19. The van der Waals surface area contributed by atoms with E-state index in [9.17, 15) is 14.7 Å². The largest absolute Gasteiger partial charge is 0.480 e. The molecule has 1 unspecified atom stereocenters. The van der Waals surface area contributed by atoms with E-state index in [2.05, 4.69) is 5.32 Å². The summed E-state index contributed by atoms with van der Waals surface area (Å²) in [5, 5.41) is 20.4. The van der Waals surface area contributed by atoms with E-state index in [1.165, 1.54) is 4.90 Å². The van der Waals surface area contributed by atoms with Gasteiger partial charge in [0.1, 0.15) is 6.54 Å². The molecule has 1 saturated heterocycles. The molecule has 0 spiro atoms. The Morgan fingerprint density at radius 2 is 2.20 bits per heavy atom. The lowest BCUT2D eigenvalue weighted by Crippen LogP contribution is -2.52. The van der Waals surface area contributed by atoms with Gasteiger partial charge >= 0.3 is 12.0 Å². The number of rotatable bonds is 2. The number of hydrogen-bond acceptors (Lipinski definition) is 3. The van der Waals surface area contributed by atoms with Gasteiger partial charge in [-0.2, -0.15) is 0 Å². The van der Waals surface area contributed by atoms with Gasteiger partial charge < -0.3 is 20.4 Å². The molecule has 0 aromatic heterocycles. The molecule has 1 fully saturated rings. The van der Waals surface area contributed by atoms with Crippen molar-refractivity contribution in [1.82, 2.24) is 10.2 Å². The number of carbonyl (C=O) groups excluding carboxylic acids is 1. The van der Waals surface area contributed by atoms with Crippen molar-refractivity contribution in [2.24, 2.45) is 0 Å². The summed E-state index contributed by atoms with van der Waals surface area (Å²) < 4.78 is 0. The Morgan fingerprint density at radius 3 is 2.73 bits per heavy atom. The van der Waals surface area contributed by atoms with E-state index in [4.69, 9.17) is 5.11 Å². The third-order valence-electron chi connectivity index (χ3n) is 2.35. The molecular weight excluding hydrogens is 200 g/mol. The van der Waals surface area contributed by atoms with Gasteiger partial charge in [-0.25, -0.2) is 4.79 Å². The Hall–Kier alpha value is -1.30. The molecule has 6 heteroatoms. The third kappa shape index (κ3) is 3.75. The lowest BCUT2D eigenvalue weighted by Gasteiger charge is -2.36. The SMILES string of the molecule is CC1(O)CCCN(C(=O)NCC(=O)O)C1. The number of nitrogens with one attached hydrogen (secondary N) is 1. The van der Waals surface area contributed by atoms with Crippen molar-refractivity contribution in [1.29, 1.82) is 0 Å². The molecule has 3 N–H and O–H groups in total. The molecule has 0 saturated carbocycles. The smallest absolute Gasteiger partial charge is 0.323 e. The number of carboxylic acid groups (broad SMARTS) is 1. The van der Waals surface area contributed by atoms with Crippen molar-refractivity contribution in [2.75, 3.05) is 19.6 Å². The zero-order valence-electron chi connectivity index (χ0n) is 8.69. The number of urea groups is 1. The summed E-state index contributed by atoms with van der Waals surface area (Å²) in [5.74, 6) is -1.08. The third-order valence-corrected chi connectivity index (χ3v) is 2.35. The molecule has 1 atom stereocenters. The van der Waals surface area contributed by atoms with E-state index >= 15 is 0 Å². The normalized spacial score (nSPS) is 26.1. The molecule has 1 aliphatic rings. The van der Waals surface area contributed by atoms with E-state index in [1.54, 1.807) is 6.92 Å². The maximum Gasteiger partial charge on any atom is 0.323 e. The van der Waals surface area contributed by atoms with Crippen LogP contribution in [-0.4, -0.2) is 52.3 Å². The number of amides is 2. The quantitative estimate of drug-likeness (QED) is 0.587. The molecule has 0 radical (unpaired) electrons. The molecule has 1 aliphatic heterocycles. The van der Waals surface area contributed by atoms with Crippen LogP contribution in [0.1, 0.15) is 19.8 Å². The molecule has 0 aromatic rings. The minimum atomic E-state index is -1.08. The monoisotopic (exact) mass is 216 g/mol. The lowest BCUT2D eigenvalue weighted by atomic mass is 9.95. The van der Waals surface area contributed by atoms with Crippen molar-refractivity contribution >= 4 is 12.0 Å². The molecule has 2 amide bonds. The van der Waals surface area contributed by atoms with Crippen molar-refractivity contribution in [2.45, 2.75) is 25.4 Å². The van der Waals surface area contributed by atoms with Crippen LogP contribution in [0.25, 0.3) is 0 Å². The highest BCUT2D eigenvalue weighted by Gasteiger charge is 2.30. The van der Waals surface area contributed by atoms with Crippen molar-refractivity contribution in [3.8, 4) is 0 Å². The Balaban J connectivity index is 2.42. The summed E-state index contributed by atoms with van der Waals surface area (Å²) >= 11 is 0. The molecule has 6 nitrogen and oxygen atoms in total. The average molecular weight is 216 g/mol. The number of likely N-dealkylation sites (tertiary alicyclic amines) is 1. The molecule has 1 heterocycles. The van der Waals surface area contributed by atoms with E-state index in [0.29, 0.717) is 13.0 Å². The predicted octanol–water partition coefficient (Wildman–Crippen LogP) is -0.373. The molecule has 1 rings (SSSR count). The zero-order valence-corrected chi connectivity index (χ0v) is 8.69. The number of carboxylic acids is 1. The number of carbonyl (C=O) groups is 2. The van der Waals surface area contributed by atoms with Crippen LogP contribution in [0.2, 0.25) is 0 Å². The van der Waals surface area contributed by atoms with E-state index < -0.39 is 24.1 Å². The molecule has 0 bridgehead atoms. The van der Waals surface area contributed by atoms with Gasteiger partial charge in [0.15, 0.2) is 0 Å². The van der Waals surface area contributed by atoms with Gasteiger partial charge in [0.25, 0.3) is 0 Å². The van der Waals surface area contributed by atoms with Crippen molar-refractivity contribution < 1.29 is 19.8 Å². The van der Waals surface area contributed by atoms with Gasteiger partial charge in [0.05, 0.1) is 12.1 Å². The fourth-order valence-corrected chi connectivity index (χ4v) is 1.66. The van der Waals surface area contributed by atoms with Gasteiger partial charge in [-0.3, -0.25) is 4.79 Å². The van der Waals surface area contributed by atoms with Crippen LogP contribution in [0, 0.1) is 0 Å². The second-order valence-electron chi connectivity index (χ2n) is 4.07. The molecule has 86 valence electrons.